The number of piperazine rings is 1. The maximum atomic E-state index is 12.8. The van der Waals surface area contributed by atoms with E-state index in [-0.39, 0.29) is 5.91 Å². The van der Waals surface area contributed by atoms with Crippen LogP contribution in [0.1, 0.15) is 39.9 Å². The van der Waals surface area contributed by atoms with Gasteiger partial charge in [0, 0.05) is 31.1 Å². The standard InChI is InChI=1S/C21H27N3OS/c1-2-23-11-13-24(14-12-23)18-9-5-4-8-17(18)22-21(25)20-15-16-7-3-6-10-19(16)26-20/h4-5,8-9,15H,2-3,6-7,10-14H2,1H3,(H,22,25). The largest absolute Gasteiger partial charge is 0.367 e. The number of fused-ring (bicyclic) bond motifs is 1. The number of rotatable bonds is 4. The van der Waals surface area contributed by atoms with Crippen LogP contribution in [0.2, 0.25) is 0 Å². The number of para-hydroxylation sites is 2. The lowest BCUT2D eigenvalue weighted by atomic mass is 9.99. The van der Waals surface area contributed by atoms with E-state index in [1.165, 1.54) is 23.3 Å². The van der Waals surface area contributed by atoms with E-state index in [1.54, 1.807) is 11.3 Å². The summed E-state index contributed by atoms with van der Waals surface area (Å²) in [6, 6.07) is 10.3. The van der Waals surface area contributed by atoms with Gasteiger partial charge in [0.05, 0.1) is 16.3 Å². The van der Waals surface area contributed by atoms with Crippen molar-refractivity contribution in [2.75, 3.05) is 42.9 Å². The molecular weight excluding hydrogens is 342 g/mol. The number of carbonyl (C=O) groups is 1. The molecule has 0 unspecified atom stereocenters. The van der Waals surface area contributed by atoms with Crippen molar-refractivity contribution in [3.05, 3.63) is 45.6 Å². The highest BCUT2D eigenvalue weighted by molar-refractivity contribution is 7.14. The summed E-state index contributed by atoms with van der Waals surface area (Å²) < 4.78 is 0. The zero-order chi connectivity index (χ0) is 17.9. The van der Waals surface area contributed by atoms with Crippen LogP contribution in [0.15, 0.2) is 30.3 Å². The van der Waals surface area contributed by atoms with Gasteiger partial charge in [-0.15, -0.1) is 11.3 Å². The molecule has 1 aromatic carbocycles. The zero-order valence-electron chi connectivity index (χ0n) is 15.5. The number of hydrogen-bond acceptors (Lipinski definition) is 4. The SMILES string of the molecule is CCN1CCN(c2ccccc2NC(=O)c2cc3c(s2)CCCC3)CC1. The molecule has 1 amide bonds. The molecule has 0 bridgehead atoms. The van der Waals surface area contributed by atoms with Gasteiger partial charge in [-0.25, -0.2) is 0 Å². The van der Waals surface area contributed by atoms with Gasteiger partial charge in [-0.3, -0.25) is 4.79 Å². The summed E-state index contributed by atoms with van der Waals surface area (Å²) in [5.41, 5.74) is 3.45. The highest BCUT2D eigenvalue weighted by atomic mass is 32.1. The molecule has 0 radical (unpaired) electrons. The predicted octanol–water partition coefficient (Wildman–Crippen LogP) is 4.02. The van der Waals surface area contributed by atoms with Gasteiger partial charge in [0.2, 0.25) is 0 Å². The van der Waals surface area contributed by atoms with Gasteiger partial charge in [0.25, 0.3) is 5.91 Å². The van der Waals surface area contributed by atoms with E-state index in [4.69, 9.17) is 0 Å². The number of nitrogens with zero attached hydrogens (tertiary/aromatic N) is 2. The van der Waals surface area contributed by atoms with Crippen LogP contribution in [-0.2, 0) is 12.8 Å². The monoisotopic (exact) mass is 369 g/mol. The van der Waals surface area contributed by atoms with Crippen molar-refractivity contribution in [2.45, 2.75) is 32.6 Å². The molecule has 1 N–H and O–H groups in total. The van der Waals surface area contributed by atoms with Crippen molar-refractivity contribution in [1.29, 1.82) is 0 Å². The second-order valence-corrected chi connectivity index (χ2v) is 8.30. The fourth-order valence-corrected chi connectivity index (χ4v) is 5.10. The molecule has 1 fully saturated rings. The Kier molecular flexibility index (Phi) is 5.27. The Morgan fingerprint density at radius 2 is 1.88 bits per heavy atom. The number of nitrogens with one attached hydrogen (secondary N) is 1. The van der Waals surface area contributed by atoms with E-state index in [1.807, 2.05) is 12.1 Å². The normalized spacial score (nSPS) is 17.8. The van der Waals surface area contributed by atoms with Crippen LogP contribution >= 0.6 is 11.3 Å². The number of thiophene rings is 1. The van der Waals surface area contributed by atoms with Crippen molar-refractivity contribution in [1.82, 2.24) is 4.90 Å². The van der Waals surface area contributed by atoms with Crippen molar-refractivity contribution < 1.29 is 4.79 Å². The molecule has 2 aliphatic rings. The minimum absolute atomic E-state index is 0.0315. The smallest absolute Gasteiger partial charge is 0.265 e. The Balaban J connectivity index is 1.50. The summed E-state index contributed by atoms with van der Waals surface area (Å²) in [4.78, 5) is 20.0. The number of anilines is 2. The van der Waals surface area contributed by atoms with E-state index in [2.05, 4.69) is 40.2 Å². The Morgan fingerprint density at radius 1 is 1.12 bits per heavy atom. The van der Waals surface area contributed by atoms with Gasteiger partial charge in [-0.2, -0.15) is 0 Å². The molecule has 4 nitrogen and oxygen atoms in total. The lowest BCUT2D eigenvalue weighted by Gasteiger charge is -2.36. The predicted molar refractivity (Wildman–Crippen MR) is 110 cm³/mol. The van der Waals surface area contributed by atoms with Gasteiger partial charge in [0.1, 0.15) is 0 Å². The summed E-state index contributed by atoms with van der Waals surface area (Å²) in [6.45, 7) is 7.49. The van der Waals surface area contributed by atoms with Crippen molar-refractivity contribution in [3.8, 4) is 0 Å². The summed E-state index contributed by atoms with van der Waals surface area (Å²) in [7, 11) is 0. The van der Waals surface area contributed by atoms with Crippen LogP contribution in [0.3, 0.4) is 0 Å². The van der Waals surface area contributed by atoms with E-state index in [9.17, 15) is 4.79 Å². The molecule has 1 aliphatic heterocycles. The fraction of sp³-hybridized carbons (Fsp3) is 0.476. The quantitative estimate of drug-likeness (QED) is 0.884. The number of benzene rings is 1. The highest BCUT2D eigenvalue weighted by Gasteiger charge is 2.21. The molecule has 1 aromatic heterocycles. The van der Waals surface area contributed by atoms with E-state index in [0.717, 1.165) is 61.8 Å². The van der Waals surface area contributed by atoms with E-state index < -0.39 is 0 Å². The molecule has 0 saturated carbocycles. The van der Waals surface area contributed by atoms with Crippen molar-refractivity contribution in [3.63, 3.8) is 0 Å². The third-order valence-electron chi connectivity index (χ3n) is 5.53. The first kappa shape index (κ1) is 17.6. The van der Waals surface area contributed by atoms with Gasteiger partial charge >= 0.3 is 0 Å². The van der Waals surface area contributed by atoms with Crippen molar-refractivity contribution in [2.24, 2.45) is 0 Å². The highest BCUT2D eigenvalue weighted by Crippen LogP contribution is 2.31. The van der Waals surface area contributed by atoms with Gasteiger partial charge in [0.15, 0.2) is 0 Å². The van der Waals surface area contributed by atoms with Crippen LogP contribution in [0.4, 0.5) is 11.4 Å². The first-order chi connectivity index (χ1) is 12.7. The molecular formula is C21H27N3OS. The lowest BCUT2D eigenvalue weighted by Crippen LogP contribution is -2.46. The van der Waals surface area contributed by atoms with Gasteiger partial charge in [-0.05, 0) is 56.0 Å². The summed E-state index contributed by atoms with van der Waals surface area (Å²) in [5, 5.41) is 3.17. The molecule has 1 aliphatic carbocycles. The van der Waals surface area contributed by atoms with Crippen molar-refractivity contribution >= 4 is 28.6 Å². The van der Waals surface area contributed by atoms with Crippen LogP contribution in [-0.4, -0.2) is 43.5 Å². The van der Waals surface area contributed by atoms with Gasteiger partial charge in [-0.1, -0.05) is 19.1 Å². The minimum Gasteiger partial charge on any atom is -0.367 e. The molecule has 2 aromatic rings. The Bertz CT molecular complexity index is 754. The topological polar surface area (TPSA) is 35.6 Å². The molecule has 4 rings (SSSR count). The molecule has 0 spiro atoms. The maximum Gasteiger partial charge on any atom is 0.265 e. The van der Waals surface area contributed by atoms with Crippen LogP contribution < -0.4 is 10.2 Å². The molecule has 26 heavy (non-hydrogen) atoms. The molecule has 2 heterocycles. The van der Waals surface area contributed by atoms with Crippen LogP contribution in [0.5, 0.6) is 0 Å². The zero-order valence-corrected chi connectivity index (χ0v) is 16.3. The lowest BCUT2D eigenvalue weighted by molar-refractivity contribution is 0.103. The number of likely N-dealkylation sites (N-methyl/N-ethyl adjacent to an activating group) is 1. The number of amides is 1. The molecule has 138 valence electrons. The molecule has 5 heteroatoms. The maximum absolute atomic E-state index is 12.8. The minimum atomic E-state index is 0.0315. The first-order valence-corrected chi connectivity index (χ1v) is 10.6. The molecule has 1 saturated heterocycles. The average molecular weight is 370 g/mol. The van der Waals surface area contributed by atoms with Gasteiger partial charge < -0.3 is 15.1 Å². The second kappa shape index (κ2) is 7.80. The summed E-state index contributed by atoms with van der Waals surface area (Å²) >= 11 is 1.68. The molecule has 0 atom stereocenters. The summed E-state index contributed by atoms with van der Waals surface area (Å²) in [6.07, 6.45) is 4.75. The number of hydrogen-bond donors (Lipinski definition) is 1. The van der Waals surface area contributed by atoms with Crippen LogP contribution in [0.25, 0.3) is 0 Å². The summed E-state index contributed by atoms with van der Waals surface area (Å²) in [5.74, 6) is 0.0315. The fourth-order valence-electron chi connectivity index (χ4n) is 3.95. The Hall–Kier alpha value is -1.85. The van der Waals surface area contributed by atoms with Crippen LogP contribution in [0, 0.1) is 0 Å². The first-order valence-electron chi connectivity index (χ1n) is 9.74. The Morgan fingerprint density at radius 3 is 2.65 bits per heavy atom. The third kappa shape index (κ3) is 3.64. The average Bonchev–Trinajstić information content (AvgIpc) is 3.13. The third-order valence-corrected chi connectivity index (χ3v) is 6.77. The Labute approximate surface area is 159 Å². The number of carbonyl (C=O) groups excluding carboxylic acids is 1. The number of aryl methyl sites for hydroxylation is 2. The van der Waals surface area contributed by atoms with E-state index >= 15 is 0 Å². The van der Waals surface area contributed by atoms with E-state index in [0.29, 0.717) is 0 Å². The second-order valence-electron chi connectivity index (χ2n) is 7.16.